The first-order chi connectivity index (χ1) is 11.4. The van der Waals surface area contributed by atoms with E-state index < -0.39 is 5.92 Å². The van der Waals surface area contributed by atoms with E-state index in [0.717, 1.165) is 0 Å². The second-order valence-corrected chi connectivity index (χ2v) is 6.39. The van der Waals surface area contributed by atoms with E-state index in [1.807, 2.05) is 0 Å². The van der Waals surface area contributed by atoms with Gasteiger partial charge in [-0.3, -0.25) is 4.79 Å². The van der Waals surface area contributed by atoms with Crippen molar-refractivity contribution in [2.45, 2.75) is 18.8 Å². The number of ether oxygens (including phenoxy) is 2. The number of benzene rings is 1. The predicted octanol–water partition coefficient (Wildman–Crippen LogP) is 4.01. The zero-order valence-electron chi connectivity index (χ0n) is 12.5. The molecule has 1 aliphatic carbocycles. The molecule has 6 nitrogen and oxygen atoms in total. The van der Waals surface area contributed by atoms with Gasteiger partial charge in [-0.25, -0.2) is 0 Å². The molecule has 1 heterocycles. The van der Waals surface area contributed by atoms with Gasteiger partial charge in [-0.15, -0.1) is 10.2 Å². The van der Waals surface area contributed by atoms with Crippen molar-refractivity contribution < 1.29 is 14.3 Å². The van der Waals surface area contributed by atoms with Crippen molar-refractivity contribution in [3.8, 4) is 11.6 Å². The van der Waals surface area contributed by atoms with Gasteiger partial charge >= 0.3 is 5.97 Å². The van der Waals surface area contributed by atoms with Crippen LogP contribution >= 0.6 is 34.8 Å². The van der Waals surface area contributed by atoms with Crippen LogP contribution in [0.15, 0.2) is 12.1 Å². The molecule has 1 unspecified atom stereocenters. The van der Waals surface area contributed by atoms with Gasteiger partial charge in [0.15, 0.2) is 10.9 Å². The number of fused-ring (bicyclic) bond motifs is 1. The molecule has 0 bridgehead atoms. The van der Waals surface area contributed by atoms with E-state index in [1.165, 1.54) is 19.2 Å². The van der Waals surface area contributed by atoms with E-state index in [4.69, 9.17) is 50.0 Å². The smallest absolute Gasteiger partial charge is 0.313 e. The molecule has 126 valence electrons. The summed E-state index contributed by atoms with van der Waals surface area (Å²) in [7, 11) is 1.33. The maximum atomic E-state index is 11.9. The fraction of sp³-hybridized carbons (Fsp3) is 0.267. The third kappa shape index (κ3) is 2.97. The minimum Gasteiger partial charge on any atom is -0.469 e. The highest BCUT2D eigenvalue weighted by atomic mass is 35.5. The van der Waals surface area contributed by atoms with Crippen LogP contribution in [0, 0.1) is 0 Å². The van der Waals surface area contributed by atoms with E-state index in [9.17, 15) is 4.79 Å². The van der Waals surface area contributed by atoms with Gasteiger partial charge in [-0.1, -0.05) is 34.8 Å². The van der Waals surface area contributed by atoms with Crippen LogP contribution in [-0.2, 0) is 16.0 Å². The second kappa shape index (κ2) is 6.63. The summed E-state index contributed by atoms with van der Waals surface area (Å²) in [6.45, 7) is 0. The molecule has 9 heteroatoms. The molecule has 0 aliphatic heterocycles. The highest BCUT2D eigenvalue weighted by Crippen LogP contribution is 2.44. The first-order valence-electron chi connectivity index (χ1n) is 6.97. The van der Waals surface area contributed by atoms with Gasteiger partial charge in [0.1, 0.15) is 0 Å². The second-order valence-electron chi connectivity index (χ2n) is 5.22. The third-order valence-electron chi connectivity index (χ3n) is 3.77. The Hall–Kier alpha value is -1.76. The number of carbonyl (C=O) groups excluding carboxylic acids is 1. The van der Waals surface area contributed by atoms with Crippen molar-refractivity contribution in [3.05, 3.63) is 38.5 Å². The first-order valence-corrected chi connectivity index (χ1v) is 8.11. The largest absolute Gasteiger partial charge is 0.469 e. The number of esters is 1. The van der Waals surface area contributed by atoms with Gasteiger partial charge in [-0.05, 0) is 25.0 Å². The fourth-order valence-electron chi connectivity index (χ4n) is 2.71. The van der Waals surface area contributed by atoms with Crippen LogP contribution < -0.4 is 10.5 Å². The van der Waals surface area contributed by atoms with Crippen LogP contribution in [0.4, 0.5) is 5.69 Å². The lowest BCUT2D eigenvalue weighted by molar-refractivity contribution is -0.142. The molecule has 0 fully saturated rings. The number of nitrogens with two attached hydrogens (primary N) is 1. The van der Waals surface area contributed by atoms with Crippen LogP contribution in [0.5, 0.6) is 11.6 Å². The molecule has 0 saturated carbocycles. The van der Waals surface area contributed by atoms with Gasteiger partial charge in [0.25, 0.3) is 0 Å². The van der Waals surface area contributed by atoms with Gasteiger partial charge in [0.2, 0.25) is 5.88 Å². The van der Waals surface area contributed by atoms with Gasteiger partial charge in [0.05, 0.1) is 23.1 Å². The molecule has 1 aromatic carbocycles. The van der Waals surface area contributed by atoms with Crippen molar-refractivity contribution in [3.63, 3.8) is 0 Å². The molecule has 2 aromatic rings. The molecule has 0 radical (unpaired) electrons. The minimum absolute atomic E-state index is 0.153. The van der Waals surface area contributed by atoms with Gasteiger partial charge < -0.3 is 15.2 Å². The van der Waals surface area contributed by atoms with Crippen molar-refractivity contribution in [2.24, 2.45) is 0 Å². The molecular weight excluding hydrogens is 377 g/mol. The van der Waals surface area contributed by atoms with Crippen LogP contribution in [0.1, 0.15) is 23.5 Å². The summed E-state index contributed by atoms with van der Waals surface area (Å²) in [5.41, 5.74) is 7.35. The zero-order valence-corrected chi connectivity index (χ0v) is 14.7. The van der Waals surface area contributed by atoms with Crippen LogP contribution in [-0.4, -0.2) is 23.3 Å². The van der Waals surface area contributed by atoms with Crippen molar-refractivity contribution in [2.75, 3.05) is 12.8 Å². The van der Waals surface area contributed by atoms with E-state index >= 15 is 0 Å². The summed E-state index contributed by atoms with van der Waals surface area (Å²) in [6, 6.07) is 3.03. The number of aromatic nitrogens is 2. The Morgan fingerprint density at radius 2 is 1.92 bits per heavy atom. The Labute approximate surface area is 152 Å². The lowest BCUT2D eigenvalue weighted by Gasteiger charge is -2.13. The molecular formula is C15H12Cl3N3O3. The van der Waals surface area contributed by atoms with Crippen molar-refractivity contribution in [1.82, 2.24) is 10.2 Å². The van der Waals surface area contributed by atoms with E-state index in [-0.39, 0.29) is 32.8 Å². The number of anilines is 1. The normalized spacial score (nSPS) is 15.9. The van der Waals surface area contributed by atoms with E-state index in [2.05, 4.69) is 10.2 Å². The summed E-state index contributed by atoms with van der Waals surface area (Å²) in [4.78, 5) is 11.9. The molecule has 1 aliphatic rings. The van der Waals surface area contributed by atoms with Crippen LogP contribution in [0.2, 0.25) is 15.2 Å². The summed E-state index contributed by atoms with van der Waals surface area (Å²) >= 11 is 18.4. The van der Waals surface area contributed by atoms with Crippen molar-refractivity contribution >= 4 is 46.5 Å². The summed E-state index contributed by atoms with van der Waals surface area (Å²) in [5, 5.41) is 8.47. The standard InChI is InChI=1S/C15H12Cl3N3O3/c1-23-15(22)8-3-2-7-11(8)13(18)20-21-14(7)24-12-9(16)4-6(19)5-10(12)17/h4-5,8H,2-3,19H2,1H3. The van der Waals surface area contributed by atoms with Gasteiger partial charge in [-0.2, -0.15) is 0 Å². The van der Waals surface area contributed by atoms with Crippen LogP contribution in [0.3, 0.4) is 0 Å². The Morgan fingerprint density at radius 1 is 1.25 bits per heavy atom. The SMILES string of the molecule is COC(=O)C1CCc2c(Oc3c(Cl)cc(N)cc3Cl)nnc(Cl)c21. The van der Waals surface area contributed by atoms with Crippen molar-refractivity contribution in [1.29, 1.82) is 0 Å². The fourth-order valence-corrected chi connectivity index (χ4v) is 3.57. The Bertz CT molecular complexity index is 806. The first kappa shape index (κ1) is 17.1. The number of hydrogen-bond acceptors (Lipinski definition) is 6. The molecule has 2 N–H and O–H groups in total. The molecule has 0 saturated heterocycles. The number of carbonyl (C=O) groups is 1. The number of rotatable bonds is 3. The maximum Gasteiger partial charge on any atom is 0.313 e. The number of hydrogen-bond donors (Lipinski definition) is 1. The summed E-state index contributed by atoms with van der Waals surface area (Å²) < 4.78 is 10.6. The number of methoxy groups -OCH3 is 1. The van der Waals surface area contributed by atoms with E-state index in [1.54, 1.807) is 0 Å². The number of nitrogen functional groups attached to an aromatic ring is 1. The van der Waals surface area contributed by atoms with Gasteiger partial charge in [0, 0.05) is 16.8 Å². The average Bonchev–Trinajstić information content (AvgIpc) is 2.98. The number of nitrogens with zero attached hydrogens (tertiary/aromatic N) is 2. The molecule has 0 amide bonds. The van der Waals surface area contributed by atoms with Crippen LogP contribution in [0.25, 0.3) is 0 Å². The molecule has 24 heavy (non-hydrogen) atoms. The maximum absolute atomic E-state index is 11.9. The number of halogens is 3. The lowest BCUT2D eigenvalue weighted by atomic mass is 10.0. The predicted molar refractivity (Wildman–Crippen MR) is 91.1 cm³/mol. The summed E-state index contributed by atoms with van der Waals surface area (Å²) in [5.74, 6) is -0.451. The minimum atomic E-state index is -0.493. The molecule has 3 rings (SSSR count). The third-order valence-corrected chi connectivity index (χ3v) is 4.61. The van der Waals surface area contributed by atoms with E-state index in [0.29, 0.717) is 29.7 Å². The quantitative estimate of drug-likeness (QED) is 0.631. The monoisotopic (exact) mass is 387 g/mol. The zero-order chi connectivity index (χ0) is 17.4. The lowest BCUT2D eigenvalue weighted by Crippen LogP contribution is -2.12. The molecule has 1 atom stereocenters. The Balaban J connectivity index is 2.03. The Morgan fingerprint density at radius 3 is 2.54 bits per heavy atom. The topological polar surface area (TPSA) is 87.3 Å². The average molecular weight is 389 g/mol. The Kier molecular flexibility index (Phi) is 4.71. The highest BCUT2D eigenvalue weighted by Gasteiger charge is 2.35. The molecule has 0 spiro atoms. The highest BCUT2D eigenvalue weighted by molar-refractivity contribution is 6.37. The molecule has 1 aromatic heterocycles. The summed E-state index contributed by atoms with van der Waals surface area (Å²) in [6.07, 6.45) is 1.08.